The molecule has 1 aliphatic heterocycles. The molecule has 1 fully saturated rings. The topological polar surface area (TPSA) is 153 Å². The second-order valence-corrected chi connectivity index (χ2v) is 17.3. The molecule has 0 aliphatic carbocycles. The lowest BCUT2D eigenvalue weighted by molar-refractivity contribution is -0.129. The van der Waals surface area contributed by atoms with Gasteiger partial charge < -0.3 is 21.1 Å². The van der Waals surface area contributed by atoms with Crippen molar-refractivity contribution in [1.82, 2.24) is 19.4 Å². The molecular formula is C39H46ClN5O6S2. The standard InChI is InChI=1S/C39H46ClN5O6S2/c1-25(2)21-43(53(50,51)30-15-16-31(40)32(41)20-30)23-34(46)33(19-27-10-6-5-7-11-27)42-38(48)37(26(3)4)45-24-36(47)44(39(45)49)22-28-12-8-13-29(18-28)35-14-9-17-52-35/h5-18,20,25-26,33-34,37,46H,19,21-24,41H2,1-4H3,(H,42,48)/t33-,34-,37-/m0/s1. The lowest BCUT2D eigenvalue weighted by atomic mass is 9.97. The van der Waals surface area contributed by atoms with Crippen molar-refractivity contribution in [2.75, 3.05) is 25.4 Å². The lowest BCUT2D eigenvalue weighted by Crippen LogP contribution is -2.57. The summed E-state index contributed by atoms with van der Waals surface area (Å²) in [5.74, 6) is -1.50. The fourth-order valence-electron chi connectivity index (χ4n) is 6.45. The fourth-order valence-corrected chi connectivity index (χ4v) is 8.95. The smallest absolute Gasteiger partial charge is 0.328 e. The number of nitrogens with one attached hydrogen (secondary N) is 1. The summed E-state index contributed by atoms with van der Waals surface area (Å²) in [6, 6.07) is 22.3. The maximum Gasteiger partial charge on any atom is 0.328 e. The number of sulfonamides is 1. The third-order valence-electron chi connectivity index (χ3n) is 9.05. The molecule has 0 saturated carbocycles. The molecule has 4 amide bonds. The third kappa shape index (κ3) is 9.64. The maximum atomic E-state index is 14.2. The van der Waals surface area contributed by atoms with Crippen LogP contribution in [-0.2, 0) is 32.6 Å². The van der Waals surface area contributed by atoms with Crippen LogP contribution in [0.4, 0.5) is 10.5 Å². The van der Waals surface area contributed by atoms with E-state index in [9.17, 15) is 27.9 Å². The molecular weight excluding hydrogens is 734 g/mol. The molecule has 3 atom stereocenters. The molecule has 53 heavy (non-hydrogen) atoms. The zero-order valence-corrected chi connectivity index (χ0v) is 32.6. The Morgan fingerprint density at radius 3 is 2.32 bits per heavy atom. The first-order valence-corrected chi connectivity index (χ1v) is 20.2. The van der Waals surface area contributed by atoms with Gasteiger partial charge in [-0.15, -0.1) is 11.3 Å². The van der Waals surface area contributed by atoms with Crippen molar-refractivity contribution in [3.63, 3.8) is 0 Å². The minimum atomic E-state index is -4.14. The summed E-state index contributed by atoms with van der Waals surface area (Å²) in [6.45, 7) is 6.80. The summed E-state index contributed by atoms with van der Waals surface area (Å²) in [5, 5.41) is 16.9. The zero-order valence-electron chi connectivity index (χ0n) is 30.2. The van der Waals surface area contributed by atoms with Gasteiger partial charge in [-0.3, -0.25) is 14.5 Å². The Morgan fingerprint density at radius 2 is 1.68 bits per heavy atom. The highest BCUT2D eigenvalue weighted by atomic mass is 35.5. The number of benzene rings is 3. The van der Waals surface area contributed by atoms with Gasteiger partial charge in [0.05, 0.1) is 34.3 Å². The predicted octanol–water partition coefficient (Wildman–Crippen LogP) is 5.87. The van der Waals surface area contributed by atoms with Gasteiger partial charge in [0.2, 0.25) is 15.9 Å². The zero-order chi connectivity index (χ0) is 38.4. The normalized spacial score (nSPS) is 15.4. The van der Waals surface area contributed by atoms with Crippen LogP contribution in [0.15, 0.2) is 95.2 Å². The number of halogens is 1. The molecule has 14 heteroatoms. The van der Waals surface area contributed by atoms with Gasteiger partial charge in [-0.25, -0.2) is 13.2 Å². The summed E-state index contributed by atoms with van der Waals surface area (Å²) in [7, 11) is -4.14. The number of anilines is 1. The van der Waals surface area contributed by atoms with Gasteiger partial charge in [-0.2, -0.15) is 4.31 Å². The maximum absolute atomic E-state index is 14.2. The number of carbonyl (C=O) groups is 3. The number of nitrogens with two attached hydrogens (primary N) is 1. The van der Waals surface area contributed by atoms with Gasteiger partial charge in [0, 0.05) is 18.0 Å². The van der Waals surface area contributed by atoms with E-state index in [0.717, 1.165) is 26.5 Å². The number of urea groups is 1. The lowest BCUT2D eigenvalue weighted by Gasteiger charge is -2.34. The van der Waals surface area contributed by atoms with Gasteiger partial charge in [0.25, 0.3) is 5.91 Å². The van der Waals surface area contributed by atoms with Crippen LogP contribution in [0.1, 0.15) is 38.8 Å². The van der Waals surface area contributed by atoms with Crippen LogP contribution >= 0.6 is 22.9 Å². The molecule has 4 aromatic rings. The number of hydrogen-bond donors (Lipinski definition) is 3. The SMILES string of the molecule is CC(C)CN(C[C@H](O)[C@H](Cc1ccccc1)NC(=O)[C@H](C(C)C)N1CC(=O)N(Cc2cccc(-c3cccs3)c2)C1=O)S(=O)(=O)c1ccc(Cl)c(N)c1. The van der Waals surface area contributed by atoms with Crippen molar-refractivity contribution in [3.05, 3.63) is 106 Å². The van der Waals surface area contributed by atoms with E-state index in [0.29, 0.717) is 0 Å². The van der Waals surface area contributed by atoms with Crippen LogP contribution in [-0.4, -0.2) is 83.3 Å². The second kappa shape index (κ2) is 17.3. The number of aliphatic hydroxyl groups excluding tert-OH is 1. The molecule has 4 N–H and O–H groups in total. The van der Waals surface area contributed by atoms with Crippen LogP contribution < -0.4 is 11.1 Å². The molecule has 1 aromatic heterocycles. The van der Waals surface area contributed by atoms with Crippen molar-refractivity contribution in [3.8, 4) is 10.4 Å². The first-order valence-electron chi connectivity index (χ1n) is 17.5. The highest BCUT2D eigenvalue weighted by Crippen LogP contribution is 2.28. The molecule has 5 rings (SSSR count). The molecule has 1 aliphatic rings. The number of thiophene rings is 1. The van der Waals surface area contributed by atoms with E-state index in [1.165, 1.54) is 27.4 Å². The molecule has 0 radical (unpaired) electrons. The van der Waals surface area contributed by atoms with Crippen LogP contribution in [0.25, 0.3) is 10.4 Å². The highest BCUT2D eigenvalue weighted by molar-refractivity contribution is 7.89. The summed E-state index contributed by atoms with van der Waals surface area (Å²) < 4.78 is 29.0. The largest absolute Gasteiger partial charge is 0.397 e. The molecule has 2 heterocycles. The predicted molar refractivity (Wildman–Crippen MR) is 209 cm³/mol. The molecule has 0 spiro atoms. The van der Waals surface area contributed by atoms with Crippen LogP contribution in [0.3, 0.4) is 0 Å². The number of nitrogens with zero attached hydrogens (tertiary/aromatic N) is 3. The monoisotopic (exact) mass is 779 g/mol. The Kier molecular flexibility index (Phi) is 13.0. The molecule has 0 unspecified atom stereocenters. The number of rotatable bonds is 16. The first-order chi connectivity index (χ1) is 25.1. The number of imide groups is 1. The Balaban J connectivity index is 1.38. The molecule has 3 aromatic carbocycles. The van der Waals surface area contributed by atoms with E-state index >= 15 is 0 Å². The number of hydrogen-bond acceptors (Lipinski definition) is 8. The van der Waals surface area contributed by atoms with E-state index in [-0.39, 0.29) is 54.1 Å². The van der Waals surface area contributed by atoms with E-state index in [4.69, 9.17) is 17.3 Å². The van der Waals surface area contributed by atoms with Crippen molar-refractivity contribution < 1.29 is 27.9 Å². The number of nitrogen functional groups attached to an aromatic ring is 1. The van der Waals surface area contributed by atoms with Crippen LogP contribution in [0.5, 0.6) is 0 Å². The van der Waals surface area contributed by atoms with Gasteiger partial charge in [0.15, 0.2) is 0 Å². The Bertz CT molecular complexity index is 2010. The van der Waals surface area contributed by atoms with Gasteiger partial charge >= 0.3 is 6.03 Å². The third-order valence-corrected chi connectivity index (χ3v) is 12.1. The van der Waals surface area contributed by atoms with Crippen molar-refractivity contribution in [1.29, 1.82) is 0 Å². The van der Waals surface area contributed by atoms with Gasteiger partial charge in [-0.05, 0) is 70.7 Å². The van der Waals surface area contributed by atoms with E-state index in [1.807, 2.05) is 86.0 Å². The van der Waals surface area contributed by atoms with Crippen molar-refractivity contribution in [2.45, 2.75) is 63.7 Å². The van der Waals surface area contributed by atoms with Crippen LogP contribution in [0, 0.1) is 11.8 Å². The quantitative estimate of drug-likeness (QED) is 0.0950. The summed E-state index contributed by atoms with van der Waals surface area (Å²) in [5.41, 5.74) is 8.60. The Hall–Kier alpha value is -4.27. The van der Waals surface area contributed by atoms with Crippen molar-refractivity contribution in [2.24, 2.45) is 11.8 Å². The molecule has 1 saturated heterocycles. The van der Waals surface area contributed by atoms with E-state index in [2.05, 4.69) is 5.32 Å². The van der Waals surface area contributed by atoms with E-state index < -0.39 is 52.0 Å². The van der Waals surface area contributed by atoms with Gasteiger partial charge in [-0.1, -0.05) is 93.9 Å². The Morgan fingerprint density at radius 1 is 0.962 bits per heavy atom. The van der Waals surface area contributed by atoms with Gasteiger partial charge in [0.1, 0.15) is 12.6 Å². The minimum absolute atomic E-state index is 0.0502. The van der Waals surface area contributed by atoms with E-state index in [1.54, 1.807) is 25.2 Å². The summed E-state index contributed by atoms with van der Waals surface area (Å²) in [6.07, 6.45) is -1.20. The average molecular weight is 780 g/mol. The fraction of sp³-hybridized carbons (Fsp3) is 0.359. The summed E-state index contributed by atoms with van der Waals surface area (Å²) in [4.78, 5) is 44.8. The second-order valence-electron chi connectivity index (χ2n) is 14.0. The summed E-state index contributed by atoms with van der Waals surface area (Å²) >= 11 is 7.66. The van der Waals surface area contributed by atoms with Crippen LogP contribution in [0.2, 0.25) is 5.02 Å². The Labute approximate surface area is 320 Å². The minimum Gasteiger partial charge on any atom is -0.397 e. The molecule has 282 valence electrons. The highest BCUT2D eigenvalue weighted by Gasteiger charge is 2.44. The van der Waals surface area contributed by atoms with Crippen molar-refractivity contribution >= 4 is 56.5 Å². The first kappa shape index (κ1) is 39.9. The number of aliphatic hydroxyl groups is 1. The molecule has 0 bridgehead atoms. The average Bonchev–Trinajstić information content (AvgIpc) is 3.74. The number of carbonyl (C=O) groups excluding carboxylic acids is 3. The number of amides is 4. The molecule has 11 nitrogen and oxygen atoms in total.